The predicted molar refractivity (Wildman–Crippen MR) is 122 cm³/mol. The van der Waals surface area contributed by atoms with Gasteiger partial charge in [0.05, 0.1) is 18.0 Å². The van der Waals surface area contributed by atoms with E-state index >= 15 is 0 Å². The molecular formula is C23H26N4O3S. The molecule has 0 radical (unpaired) electrons. The minimum atomic E-state index is -3.75. The molecule has 1 amide bonds. The van der Waals surface area contributed by atoms with Gasteiger partial charge in [0, 0.05) is 25.2 Å². The molecule has 0 saturated carbocycles. The van der Waals surface area contributed by atoms with Crippen LogP contribution in [0.4, 0.5) is 5.69 Å². The largest absolute Gasteiger partial charge is 0.325 e. The molecule has 1 aliphatic heterocycles. The average molecular weight is 439 g/mol. The van der Waals surface area contributed by atoms with Crippen LogP contribution in [-0.4, -0.2) is 44.7 Å². The number of terminal acetylenes is 1. The molecule has 31 heavy (non-hydrogen) atoms. The highest BCUT2D eigenvalue weighted by Gasteiger charge is 2.19. The number of nitrogens with zero attached hydrogens (tertiary/aromatic N) is 2. The average Bonchev–Trinajstić information content (AvgIpc) is 3.22. The lowest BCUT2D eigenvalue weighted by Crippen LogP contribution is -2.33. The zero-order valence-corrected chi connectivity index (χ0v) is 18.3. The molecule has 7 nitrogen and oxygen atoms in total. The van der Waals surface area contributed by atoms with Crippen molar-refractivity contribution in [1.29, 1.82) is 0 Å². The number of sulfonamides is 1. The number of aryl methyl sites for hydroxylation is 1. The van der Waals surface area contributed by atoms with Crippen LogP contribution in [-0.2, 0) is 21.4 Å². The Balaban J connectivity index is 1.64. The fourth-order valence-corrected chi connectivity index (χ4v) is 4.36. The number of hydrogen-bond acceptors (Lipinski definition) is 5. The first-order valence-electron chi connectivity index (χ1n) is 10.0. The summed E-state index contributed by atoms with van der Waals surface area (Å²) in [5.41, 5.74) is 2.62. The number of amidine groups is 1. The number of amides is 1. The van der Waals surface area contributed by atoms with Gasteiger partial charge in [-0.05, 0) is 37.1 Å². The van der Waals surface area contributed by atoms with Gasteiger partial charge in [0.25, 0.3) is 10.0 Å². The minimum Gasteiger partial charge on any atom is -0.325 e. The van der Waals surface area contributed by atoms with Crippen molar-refractivity contribution in [3.8, 4) is 12.3 Å². The number of aliphatic imine (C=N–C) groups is 1. The third kappa shape index (κ3) is 6.67. The number of benzene rings is 2. The highest BCUT2D eigenvalue weighted by atomic mass is 32.2. The molecule has 2 N–H and O–H groups in total. The van der Waals surface area contributed by atoms with Crippen molar-refractivity contribution in [3.63, 3.8) is 0 Å². The Morgan fingerprint density at radius 3 is 2.68 bits per heavy atom. The van der Waals surface area contributed by atoms with E-state index in [0.717, 1.165) is 17.5 Å². The van der Waals surface area contributed by atoms with Crippen LogP contribution >= 0.6 is 0 Å². The van der Waals surface area contributed by atoms with Gasteiger partial charge in [0.2, 0.25) is 5.91 Å². The monoisotopic (exact) mass is 438 g/mol. The molecular weight excluding hydrogens is 412 g/mol. The second kappa shape index (κ2) is 10.2. The summed E-state index contributed by atoms with van der Waals surface area (Å²) in [4.78, 5) is 18.6. The summed E-state index contributed by atoms with van der Waals surface area (Å²) in [6.45, 7) is 3.59. The van der Waals surface area contributed by atoms with E-state index in [0.29, 0.717) is 37.6 Å². The molecule has 0 aromatic heterocycles. The molecule has 0 spiro atoms. The zero-order chi connectivity index (χ0) is 22.3. The highest BCUT2D eigenvalue weighted by molar-refractivity contribution is 7.90. The highest BCUT2D eigenvalue weighted by Crippen LogP contribution is 2.17. The van der Waals surface area contributed by atoms with Gasteiger partial charge in [0.15, 0.2) is 0 Å². The summed E-state index contributed by atoms with van der Waals surface area (Å²) in [5.74, 6) is 2.77. The van der Waals surface area contributed by atoms with Gasteiger partial charge in [-0.25, -0.2) is 8.42 Å². The van der Waals surface area contributed by atoms with Gasteiger partial charge in [-0.1, -0.05) is 41.8 Å². The molecule has 162 valence electrons. The maximum Gasteiger partial charge on any atom is 0.262 e. The molecule has 2 aromatic carbocycles. The van der Waals surface area contributed by atoms with Gasteiger partial charge >= 0.3 is 0 Å². The lowest BCUT2D eigenvalue weighted by Gasteiger charge is -2.19. The summed E-state index contributed by atoms with van der Waals surface area (Å²) in [6.07, 6.45) is 6.91. The van der Waals surface area contributed by atoms with Crippen LogP contribution in [0.1, 0.15) is 24.0 Å². The van der Waals surface area contributed by atoms with Crippen molar-refractivity contribution >= 4 is 27.5 Å². The molecule has 1 aliphatic rings. The molecule has 1 heterocycles. The third-order valence-corrected chi connectivity index (χ3v) is 6.14. The number of nitrogens with one attached hydrogen (secondary N) is 2. The number of carbonyl (C=O) groups is 1. The van der Waals surface area contributed by atoms with Crippen LogP contribution in [0.25, 0.3) is 0 Å². The summed E-state index contributed by atoms with van der Waals surface area (Å²) >= 11 is 0. The quantitative estimate of drug-likeness (QED) is 0.620. The van der Waals surface area contributed by atoms with Crippen molar-refractivity contribution in [2.45, 2.75) is 31.2 Å². The van der Waals surface area contributed by atoms with Gasteiger partial charge < -0.3 is 5.32 Å². The Hall–Kier alpha value is -3.15. The van der Waals surface area contributed by atoms with Crippen LogP contribution in [0.3, 0.4) is 0 Å². The van der Waals surface area contributed by atoms with E-state index in [2.05, 4.69) is 21.0 Å². The second-order valence-electron chi connectivity index (χ2n) is 7.45. The topological polar surface area (TPSA) is 90.9 Å². The van der Waals surface area contributed by atoms with Crippen LogP contribution in [0.2, 0.25) is 0 Å². The first kappa shape index (κ1) is 22.5. The van der Waals surface area contributed by atoms with E-state index in [9.17, 15) is 13.2 Å². The molecule has 0 bridgehead atoms. The van der Waals surface area contributed by atoms with Gasteiger partial charge in [-0.15, -0.1) is 6.42 Å². The summed E-state index contributed by atoms with van der Waals surface area (Å²) in [7, 11) is -3.75. The Kier molecular flexibility index (Phi) is 7.45. The summed E-state index contributed by atoms with van der Waals surface area (Å²) in [6, 6.07) is 14.2. The van der Waals surface area contributed by atoms with Crippen molar-refractivity contribution in [1.82, 2.24) is 9.62 Å². The van der Waals surface area contributed by atoms with Crippen LogP contribution in [0.5, 0.6) is 0 Å². The number of rotatable bonds is 8. The summed E-state index contributed by atoms with van der Waals surface area (Å²) < 4.78 is 27.7. The standard InChI is InChI=1S/C23H26N4O3S/c1-3-14-27(16-19-11-9-18(2)10-12-19)17-23(28)25-20-6-4-7-21(15-20)31(29,30)26-22-8-5-13-24-22/h1,4,6-7,9-12,15H,5,8,13-14,16-17H2,2H3,(H,24,26)(H,25,28). The van der Waals surface area contributed by atoms with E-state index < -0.39 is 10.0 Å². The minimum absolute atomic E-state index is 0.0695. The molecule has 0 aliphatic carbocycles. The molecule has 2 aromatic rings. The number of carbonyl (C=O) groups excluding carboxylic acids is 1. The normalized spacial score (nSPS) is 13.5. The lowest BCUT2D eigenvalue weighted by atomic mass is 10.1. The molecule has 0 saturated heterocycles. The van der Waals surface area contributed by atoms with Crippen molar-refractivity contribution < 1.29 is 13.2 Å². The first-order valence-corrected chi connectivity index (χ1v) is 11.5. The molecule has 0 fully saturated rings. The van der Waals surface area contributed by atoms with Gasteiger partial charge in [0.1, 0.15) is 5.84 Å². The first-order chi connectivity index (χ1) is 14.9. The maximum absolute atomic E-state index is 12.6. The van der Waals surface area contributed by atoms with Crippen molar-refractivity contribution in [2.75, 3.05) is 25.0 Å². The van der Waals surface area contributed by atoms with Crippen LogP contribution in [0.15, 0.2) is 58.4 Å². The number of hydrogen-bond donors (Lipinski definition) is 2. The van der Waals surface area contributed by atoms with E-state index in [-0.39, 0.29) is 17.3 Å². The Bertz CT molecular complexity index is 1100. The van der Waals surface area contributed by atoms with Crippen molar-refractivity contribution in [2.24, 2.45) is 4.99 Å². The molecule has 8 heteroatoms. The van der Waals surface area contributed by atoms with Crippen LogP contribution < -0.4 is 10.0 Å². The van der Waals surface area contributed by atoms with E-state index in [1.54, 1.807) is 12.1 Å². The van der Waals surface area contributed by atoms with E-state index in [4.69, 9.17) is 6.42 Å². The Labute approximate surface area is 183 Å². The van der Waals surface area contributed by atoms with Gasteiger partial charge in [-0.3, -0.25) is 19.4 Å². The van der Waals surface area contributed by atoms with Crippen molar-refractivity contribution in [3.05, 3.63) is 59.7 Å². The van der Waals surface area contributed by atoms with E-state index in [1.807, 2.05) is 36.1 Å². The zero-order valence-electron chi connectivity index (χ0n) is 17.5. The second-order valence-corrected chi connectivity index (χ2v) is 9.13. The molecule has 0 unspecified atom stereocenters. The molecule has 3 rings (SSSR count). The summed E-state index contributed by atoms with van der Waals surface area (Å²) in [5, 5.41) is 2.76. The lowest BCUT2D eigenvalue weighted by molar-refractivity contribution is -0.117. The maximum atomic E-state index is 12.6. The smallest absolute Gasteiger partial charge is 0.262 e. The fraction of sp³-hybridized carbons (Fsp3) is 0.304. The third-order valence-electron chi connectivity index (χ3n) is 4.76. The number of anilines is 1. The Morgan fingerprint density at radius 2 is 2.00 bits per heavy atom. The van der Waals surface area contributed by atoms with Crippen LogP contribution in [0, 0.1) is 19.3 Å². The SMILES string of the molecule is C#CCN(CC(=O)Nc1cccc(S(=O)(=O)NC2=NCCC2)c1)Cc1ccc(C)cc1. The predicted octanol–water partition coefficient (Wildman–Crippen LogP) is 2.54. The Morgan fingerprint density at radius 1 is 1.23 bits per heavy atom. The molecule has 0 atom stereocenters. The van der Waals surface area contributed by atoms with E-state index in [1.165, 1.54) is 12.1 Å². The fourth-order valence-electron chi connectivity index (χ4n) is 3.23. The van der Waals surface area contributed by atoms with Gasteiger partial charge in [-0.2, -0.15) is 0 Å².